The molecule has 2 aromatic carbocycles. The third-order valence-electron chi connectivity index (χ3n) is 3.15. The van der Waals surface area contributed by atoms with E-state index in [9.17, 15) is 14.0 Å². The second-order valence-corrected chi connectivity index (χ2v) is 5.87. The van der Waals surface area contributed by atoms with Crippen LogP contribution in [0.4, 0.5) is 10.1 Å². The Hall–Kier alpha value is -2.37. The van der Waals surface area contributed by atoms with Crippen molar-refractivity contribution in [2.24, 2.45) is 0 Å². The summed E-state index contributed by atoms with van der Waals surface area (Å²) in [5, 5.41) is 3.11. The van der Waals surface area contributed by atoms with Gasteiger partial charge in [0, 0.05) is 6.08 Å². The molecule has 0 radical (unpaired) electrons. The number of rotatable bonds is 5. The lowest BCUT2D eigenvalue weighted by Crippen LogP contribution is -2.29. The van der Waals surface area contributed by atoms with Gasteiger partial charge in [0.05, 0.1) is 15.7 Å². The Morgan fingerprint density at radius 1 is 1.16 bits per heavy atom. The molecule has 0 bridgehead atoms. The number of benzene rings is 2. The number of carbonyl (C=O) groups is 2. The van der Waals surface area contributed by atoms with E-state index in [2.05, 4.69) is 5.32 Å². The summed E-state index contributed by atoms with van der Waals surface area (Å²) in [5.74, 6) is -1.93. The minimum Gasteiger partial charge on any atom is -0.449 e. The van der Waals surface area contributed by atoms with E-state index in [4.69, 9.17) is 27.9 Å². The van der Waals surface area contributed by atoms with Crippen molar-refractivity contribution in [3.63, 3.8) is 0 Å². The maximum Gasteiger partial charge on any atom is 0.331 e. The van der Waals surface area contributed by atoms with Crippen molar-refractivity contribution in [1.82, 2.24) is 0 Å². The largest absolute Gasteiger partial charge is 0.449 e. The van der Waals surface area contributed by atoms with Gasteiger partial charge in [-0.2, -0.15) is 0 Å². The van der Waals surface area contributed by atoms with Gasteiger partial charge in [-0.25, -0.2) is 9.18 Å². The predicted molar refractivity (Wildman–Crippen MR) is 96.1 cm³/mol. The van der Waals surface area contributed by atoms with Crippen LogP contribution >= 0.6 is 23.2 Å². The van der Waals surface area contributed by atoms with Crippen LogP contribution < -0.4 is 5.32 Å². The third kappa shape index (κ3) is 5.59. The van der Waals surface area contributed by atoms with Crippen molar-refractivity contribution in [2.45, 2.75) is 13.0 Å². The van der Waals surface area contributed by atoms with E-state index >= 15 is 0 Å². The molecule has 0 saturated heterocycles. The van der Waals surface area contributed by atoms with Crippen LogP contribution in [0.5, 0.6) is 0 Å². The van der Waals surface area contributed by atoms with Crippen LogP contribution in [0.2, 0.25) is 10.0 Å². The number of hydrogen-bond acceptors (Lipinski definition) is 3. The molecule has 4 nitrogen and oxygen atoms in total. The number of halogens is 3. The molecule has 130 valence electrons. The Labute approximate surface area is 154 Å². The summed E-state index contributed by atoms with van der Waals surface area (Å²) in [6.07, 6.45) is 1.55. The summed E-state index contributed by atoms with van der Waals surface area (Å²) in [6, 6.07) is 10.6. The molecule has 25 heavy (non-hydrogen) atoms. The Kier molecular flexibility index (Phi) is 6.56. The van der Waals surface area contributed by atoms with Crippen LogP contribution in [0.15, 0.2) is 48.5 Å². The first kappa shape index (κ1) is 19.0. The lowest BCUT2D eigenvalue weighted by molar-refractivity contribution is -0.148. The lowest BCUT2D eigenvalue weighted by Gasteiger charge is -2.12. The van der Waals surface area contributed by atoms with Gasteiger partial charge in [0.2, 0.25) is 0 Å². The highest BCUT2D eigenvalue weighted by molar-refractivity contribution is 6.42. The van der Waals surface area contributed by atoms with Gasteiger partial charge in [0.25, 0.3) is 5.91 Å². The van der Waals surface area contributed by atoms with E-state index in [1.807, 2.05) is 0 Å². The van der Waals surface area contributed by atoms with Gasteiger partial charge in [0.1, 0.15) is 5.82 Å². The number of amides is 1. The fraction of sp³-hybridized carbons (Fsp3) is 0.111. The van der Waals surface area contributed by atoms with Gasteiger partial charge in [-0.3, -0.25) is 4.79 Å². The molecule has 2 rings (SSSR count). The Balaban J connectivity index is 1.92. The van der Waals surface area contributed by atoms with Gasteiger partial charge in [-0.1, -0.05) is 41.4 Å². The molecule has 0 fully saturated rings. The minimum absolute atomic E-state index is 0.0155. The summed E-state index contributed by atoms with van der Waals surface area (Å²) in [4.78, 5) is 23.7. The molecule has 7 heteroatoms. The van der Waals surface area contributed by atoms with E-state index in [-0.39, 0.29) is 5.69 Å². The highest BCUT2D eigenvalue weighted by Crippen LogP contribution is 2.23. The normalized spacial score (nSPS) is 12.0. The fourth-order valence-corrected chi connectivity index (χ4v) is 2.15. The smallest absolute Gasteiger partial charge is 0.331 e. The fourth-order valence-electron chi connectivity index (χ4n) is 1.84. The summed E-state index contributed by atoms with van der Waals surface area (Å²) < 4.78 is 18.5. The molecule has 0 aliphatic carbocycles. The minimum atomic E-state index is -1.09. The molecule has 0 heterocycles. The van der Waals surface area contributed by atoms with Crippen molar-refractivity contribution >= 4 is 46.8 Å². The summed E-state index contributed by atoms with van der Waals surface area (Å²) in [6.45, 7) is 1.39. The molecule has 0 aliphatic heterocycles. The number of hydrogen-bond donors (Lipinski definition) is 1. The number of nitrogens with one attached hydrogen (secondary N) is 1. The first-order chi connectivity index (χ1) is 11.9. The molecular weight excluding hydrogens is 368 g/mol. The first-order valence-corrected chi connectivity index (χ1v) is 8.01. The van der Waals surface area contributed by atoms with Crippen LogP contribution in [0.3, 0.4) is 0 Å². The van der Waals surface area contributed by atoms with Crippen molar-refractivity contribution in [3.8, 4) is 0 Å². The lowest BCUT2D eigenvalue weighted by atomic mass is 10.2. The topological polar surface area (TPSA) is 55.4 Å². The van der Waals surface area contributed by atoms with Gasteiger partial charge in [0.15, 0.2) is 6.10 Å². The predicted octanol–water partition coefficient (Wildman–Crippen LogP) is 4.72. The molecule has 1 N–H and O–H groups in total. The summed E-state index contributed by atoms with van der Waals surface area (Å²) >= 11 is 11.7. The molecule has 0 aliphatic rings. The van der Waals surface area contributed by atoms with Crippen molar-refractivity contribution in [1.29, 1.82) is 0 Å². The van der Waals surface area contributed by atoms with Crippen molar-refractivity contribution in [3.05, 3.63) is 70.0 Å². The molecule has 0 saturated carbocycles. The average molecular weight is 382 g/mol. The van der Waals surface area contributed by atoms with Gasteiger partial charge in [-0.15, -0.1) is 0 Å². The van der Waals surface area contributed by atoms with Crippen LogP contribution in [-0.2, 0) is 14.3 Å². The third-order valence-corrected chi connectivity index (χ3v) is 3.89. The van der Waals surface area contributed by atoms with Crippen molar-refractivity contribution < 1.29 is 18.7 Å². The monoisotopic (exact) mass is 381 g/mol. The van der Waals surface area contributed by atoms with Crippen LogP contribution in [0.25, 0.3) is 6.08 Å². The maximum atomic E-state index is 13.5. The number of carbonyl (C=O) groups excluding carboxylic acids is 2. The van der Waals surface area contributed by atoms with Gasteiger partial charge in [-0.05, 0) is 42.8 Å². The first-order valence-electron chi connectivity index (χ1n) is 7.26. The Bertz CT molecular complexity index is 824. The maximum absolute atomic E-state index is 13.5. The van der Waals surface area contributed by atoms with E-state index in [1.165, 1.54) is 31.2 Å². The van der Waals surface area contributed by atoms with Gasteiger partial charge >= 0.3 is 5.97 Å². The second-order valence-electron chi connectivity index (χ2n) is 5.06. The second kappa shape index (κ2) is 8.65. The average Bonchev–Trinajstić information content (AvgIpc) is 2.58. The zero-order valence-corrected chi connectivity index (χ0v) is 14.6. The molecule has 0 spiro atoms. The van der Waals surface area contributed by atoms with Crippen LogP contribution in [0, 0.1) is 5.82 Å². The molecule has 1 atom stereocenters. The molecule has 2 aromatic rings. The van der Waals surface area contributed by atoms with E-state index in [0.717, 1.165) is 6.08 Å². The van der Waals surface area contributed by atoms with Gasteiger partial charge < -0.3 is 10.1 Å². The van der Waals surface area contributed by atoms with Crippen LogP contribution in [0.1, 0.15) is 12.5 Å². The van der Waals surface area contributed by atoms with E-state index in [1.54, 1.807) is 24.3 Å². The number of anilines is 1. The molecule has 1 amide bonds. The Morgan fingerprint density at radius 3 is 2.56 bits per heavy atom. The highest BCUT2D eigenvalue weighted by atomic mass is 35.5. The SMILES string of the molecule is CC(OC(=O)/C=C/c1ccc(Cl)c(Cl)c1)C(=O)Nc1ccccc1F. The van der Waals surface area contributed by atoms with Crippen LogP contribution in [-0.4, -0.2) is 18.0 Å². The molecule has 0 aromatic heterocycles. The number of esters is 1. The van der Waals surface area contributed by atoms with E-state index < -0.39 is 23.8 Å². The summed E-state index contributed by atoms with van der Waals surface area (Å²) in [7, 11) is 0. The number of ether oxygens (including phenoxy) is 1. The van der Waals surface area contributed by atoms with E-state index in [0.29, 0.717) is 15.6 Å². The zero-order chi connectivity index (χ0) is 18.4. The molecule has 1 unspecified atom stereocenters. The Morgan fingerprint density at radius 2 is 1.88 bits per heavy atom. The number of para-hydroxylation sites is 1. The highest BCUT2D eigenvalue weighted by Gasteiger charge is 2.17. The zero-order valence-electron chi connectivity index (χ0n) is 13.1. The van der Waals surface area contributed by atoms with Crippen molar-refractivity contribution in [2.75, 3.05) is 5.32 Å². The quantitative estimate of drug-likeness (QED) is 0.602. The standard InChI is InChI=1S/C18H14Cl2FNO3/c1-11(18(24)22-16-5-3-2-4-15(16)21)25-17(23)9-7-12-6-8-13(19)14(20)10-12/h2-11H,1H3,(H,22,24)/b9-7+. The molecular formula is C18H14Cl2FNO3. The summed E-state index contributed by atoms with van der Waals surface area (Å²) in [5.41, 5.74) is 0.663.